The number of ether oxygens (including phenoxy) is 1. The van der Waals surface area contributed by atoms with Crippen molar-refractivity contribution in [3.63, 3.8) is 0 Å². The van der Waals surface area contributed by atoms with Crippen molar-refractivity contribution in [2.45, 2.75) is 45.6 Å². The molecule has 0 amide bonds. The van der Waals surface area contributed by atoms with E-state index in [-0.39, 0.29) is 0 Å². The lowest BCUT2D eigenvalue weighted by molar-refractivity contribution is 0.414. The van der Waals surface area contributed by atoms with Gasteiger partial charge >= 0.3 is 0 Å². The number of unbranched alkanes of at least 4 members (excludes halogenated alkanes) is 2. The Bertz CT molecular complexity index is 294. The molecular weight excluding hydrogens is 210 g/mol. The van der Waals surface area contributed by atoms with Gasteiger partial charge in [0, 0.05) is 6.04 Å². The molecule has 1 rings (SSSR count). The molecule has 1 N–H and O–H groups in total. The Morgan fingerprint density at radius 3 is 2.35 bits per heavy atom. The summed E-state index contributed by atoms with van der Waals surface area (Å²) in [6.07, 6.45) is 4.98. The van der Waals surface area contributed by atoms with E-state index >= 15 is 0 Å². The Morgan fingerprint density at radius 1 is 1.12 bits per heavy atom. The highest BCUT2D eigenvalue weighted by molar-refractivity contribution is 5.29. The van der Waals surface area contributed by atoms with E-state index in [2.05, 4.69) is 31.3 Å². The zero-order valence-corrected chi connectivity index (χ0v) is 11.3. The first-order valence-electron chi connectivity index (χ1n) is 6.69. The first kappa shape index (κ1) is 14.0. The van der Waals surface area contributed by atoms with Gasteiger partial charge in [-0.05, 0) is 37.1 Å². The molecule has 2 nitrogen and oxygen atoms in total. The Labute approximate surface area is 105 Å². The van der Waals surface area contributed by atoms with Gasteiger partial charge in [0.05, 0.1) is 7.11 Å². The van der Waals surface area contributed by atoms with Crippen molar-refractivity contribution >= 4 is 0 Å². The standard InChI is InChI=1S/C15H25NO/c1-4-6-7-12-16-15(5-2)13-8-10-14(17-3)11-9-13/h8-11,15-16H,4-7,12H2,1-3H3. The molecule has 0 aliphatic heterocycles. The summed E-state index contributed by atoms with van der Waals surface area (Å²) in [4.78, 5) is 0. The van der Waals surface area contributed by atoms with Crippen LogP contribution in [0.4, 0.5) is 0 Å². The summed E-state index contributed by atoms with van der Waals surface area (Å²) in [7, 11) is 1.70. The number of nitrogens with one attached hydrogen (secondary N) is 1. The summed E-state index contributed by atoms with van der Waals surface area (Å²) in [6.45, 7) is 5.57. The zero-order valence-electron chi connectivity index (χ0n) is 11.3. The molecule has 1 unspecified atom stereocenters. The highest BCUT2D eigenvalue weighted by Crippen LogP contribution is 2.19. The molecule has 0 saturated carbocycles. The molecule has 0 aromatic heterocycles. The predicted octanol–water partition coefficient (Wildman–Crippen LogP) is 3.93. The Hall–Kier alpha value is -1.02. The molecule has 0 radical (unpaired) electrons. The molecule has 1 aromatic carbocycles. The molecular formula is C15H25NO. The highest BCUT2D eigenvalue weighted by Gasteiger charge is 2.07. The van der Waals surface area contributed by atoms with Crippen molar-refractivity contribution in [1.29, 1.82) is 0 Å². The lowest BCUT2D eigenvalue weighted by atomic mass is 10.0. The second-order valence-electron chi connectivity index (χ2n) is 4.40. The SMILES string of the molecule is CCCCCNC(CC)c1ccc(OC)cc1. The van der Waals surface area contributed by atoms with Gasteiger partial charge < -0.3 is 10.1 Å². The molecule has 0 bridgehead atoms. The van der Waals surface area contributed by atoms with Crippen molar-refractivity contribution in [1.82, 2.24) is 5.32 Å². The Morgan fingerprint density at radius 2 is 1.82 bits per heavy atom. The van der Waals surface area contributed by atoms with Gasteiger partial charge in [0.1, 0.15) is 5.75 Å². The second kappa shape index (κ2) is 8.13. The quantitative estimate of drug-likeness (QED) is 0.689. The molecule has 0 aliphatic carbocycles. The normalized spacial score (nSPS) is 12.4. The maximum Gasteiger partial charge on any atom is 0.118 e. The summed E-state index contributed by atoms with van der Waals surface area (Å²) in [6, 6.07) is 8.84. The predicted molar refractivity (Wildman–Crippen MR) is 73.6 cm³/mol. The van der Waals surface area contributed by atoms with Crippen molar-refractivity contribution in [3.8, 4) is 5.75 Å². The van der Waals surface area contributed by atoms with Crippen LogP contribution in [0.1, 0.15) is 51.1 Å². The van der Waals surface area contributed by atoms with Crippen LogP contribution in [0, 0.1) is 0 Å². The number of benzene rings is 1. The van der Waals surface area contributed by atoms with Crippen LogP contribution >= 0.6 is 0 Å². The van der Waals surface area contributed by atoms with E-state index in [1.54, 1.807) is 7.11 Å². The third-order valence-corrected chi connectivity index (χ3v) is 3.10. The Balaban J connectivity index is 2.47. The third-order valence-electron chi connectivity index (χ3n) is 3.10. The zero-order chi connectivity index (χ0) is 12.5. The van der Waals surface area contributed by atoms with Crippen LogP contribution < -0.4 is 10.1 Å². The first-order chi connectivity index (χ1) is 8.31. The van der Waals surface area contributed by atoms with E-state index in [4.69, 9.17) is 4.74 Å². The van der Waals surface area contributed by atoms with E-state index in [1.807, 2.05) is 12.1 Å². The first-order valence-corrected chi connectivity index (χ1v) is 6.69. The van der Waals surface area contributed by atoms with Gasteiger partial charge in [-0.25, -0.2) is 0 Å². The topological polar surface area (TPSA) is 21.3 Å². The van der Waals surface area contributed by atoms with E-state index < -0.39 is 0 Å². The number of hydrogen-bond acceptors (Lipinski definition) is 2. The lowest BCUT2D eigenvalue weighted by Crippen LogP contribution is -2.21. The van der Waals surface area contributed by atoms with Crippen molar-refractivity contribution in [2.75, 3.05) is 13.7 Å². The van der Waals surface area contributed by atoms with E-state index in [0.717, 1.165) is 18.7 Å². The average molecular weight is 235 g/mol. The maximum absolute atomic E-state index is 5.18. The van der Waals surface area contributed by atoms with Gasteiger partial charge in [0.15, 0.2) is 0 Å². The summed E-state index contributed by atoms with van der Waals surface area (Å²) in [5, 5.41) is 3.62. The van der Waals surface area contributed by atoms with Crippen LogP contribution in [0.2, 0.25) is 0 Å². The monoisotopic (exact) mass is 235 g/mol. The smallest absolute Gasteiger partial charge is 0.118 e. The fraction of sp³-hybridized carbons (Fsp3) is 0.600. The van der Waals surface area contributed by atoms with Gasteiger partial charge in [-0.3, -0.25) is 0 Å². The number of hydrogen-bond donors (Lipinski definition) is 1. The largest absolute Gasteiger partial charge is 0.497 e. The Kier molecular flexibility index (Phi) is 6.71. The minimum absolute atomic E-state index is 0.470. The summed E-state index contributed by atoms with van der Waals surface area (Å²) < 4.78 is 5.18. The number of methoxy groups -OCH3 is 1. The highest BCUT2D eigenvalue weighted by atomic mass is 16.5. The molecule has 17 heavy (non-hydrogen) atoms. The van der Waals surface area contributed by atoms with Gasteiger partial charge in [0.2, 0.25) is 0 Å². The van der Waals surface area contributed by atoms with Crippen molar-refractivity contribution < 1.29 is 4.74 Å². The summed E-state index contributed by atoms with van der Waals surface area (Å²) in [5.41, 5.74) is 1.35. The van der Waals surface area contributed by atoms with Crippen LogP contribution in [0.3, 0.4) is 0 Å². The molecule has 0 saturated heterocycles. The molecule has 0 fully saturated rings. The lowest BCUT2D eigenvalue weighted by Gasteiger charge is -2.17. The molecule has 96 valence electrons. The molecule has 0 aliphatic rings. The van der Waals surface area contributed by atoms with Crippen LogP contribution in [-0.2, 0) is 0 Å². The summed E-state index contributed by atoms with van der Waals surface area (Å²) >= 11 is 0. The van der Waals surface area contributed by atoms with E-state index in [0.29, 0.717) is 6.04 Å². The fourth-order valence-corrected chi connectivity index (χ4v) is 1.99. The van der Waals surface area contributed by atoms with E-state index in [1.165, 1.54) is 24.8 Å². The van der Waals surface area contributed by atoms with Gasteiger partial charge in [-0.15, -0.1) is 0 Å². The molecule has 1 aromatic rings. The minimum atomic E-state index is 0.470. The molecule has 0 heterocycles. The average Bonchev–Trinajstić information content (AvgIpc) is 2.39. The van der Waals surface area contributed by atoms with Gasteiger partial charge in [-0.2, -0.15) is 0 Å². The van der Waals surface area contributed by atoms with Crippen LogP contribution in [0.5, 0.6) is 5.75 Å². The second-order valence-corrected chi connectivity index (χ2v) is 4.40. The fourth-order valence-electron chi connectivity index (χ4n) is 1.99. The third kappa shape index (κ3) is 4.78. The molecule has 1 atom stereocenters. The van der Waals surface area contributed by atoms with E-state index in [9.17, 15) is 0 Å². The van der Waals surface area contributed by atoms with Crippen LogP contribution in [-0.4, -0.2) is 13.7 Å². The summed E-state index contributed by atoms with van der Waals surface area (Å²) in [5.74, 6) is 0.926. The van der Waals surface area contributed by atoms with Crippen molar-refractivity contribution in [3.05, 3.63) is 29.8 Å². The van der Waals surface area contributed by atoms with Gasteiger partial charge in [0.25, 0.3) is 0 Å². The number of rotatable bonds is 8. The van der Waals surface area contributed by atoms with Crippen molar-refractivity contribution in [2.24, 2.45) is 0 Å². The molecule has 0 spiro atoms. The molecule has 2 heteroatoms. The van der Waals surface area contributed by atoms with Crippen LogP contribution in [0.25, 0.3) is 0 Å². The van der Waals surface area contributed by atoms with Gasteiger partial charge in [-0.1, -0.05) is 38.8 Å². The maximum atomic E-state index is 5.18. The van der Waals surface area contributed by atoms with Crippen LogP contribution in [0.15, 0.2) is 24.3 Å². The minimum Gasteiger partial charge on any atom is -0.497 e.